The first-order valence-electron chi connectivity index (χ1n) is 24.7. The van der Waals surface area contributed by atoms with Gasteiger partial charge in [0.1, 0.15) is 13.2 Å². The van der Waals surface area contributed by atoms with E-state index in [2.05, 4.69) is 34.6 Å². The van der Waals surface area contributed by atoms with Gasteiger partial charge in [0, 0.05) is 19.3 Å². The van der Waals surface area contributed by atoms with Gasteiger partial charge in [-0.3, -0.25) is 14.4 Å². The van der Waals surface area contributed by atoms with Crippen LogP contribution in [0.5, 0.6) is 0 Å². The number of hydrogen-bond acceptors (Lipinski definition) is 6. The van der Waals surface area contributed by atoms with E-state index in [9.17, 15) is 14.4 Å². The first-order chi connectivity index (χ1) is 27.2. The van der Waals surface area contributed by atoms with E-state index < -0.39 is 6.10 Å². The van der Waals surface area contributed by atoms with E-state index in [4.69, 9.17) is 14.2 Å². The van der Waals surface area contributed by atoms with Gasteiger partial charge in [-0.25, -0.2) is 0 Å². The number of ether oxygens (including phenoxy) is 3. The molecule has 0 heterocycles. The smallest absolute Gasteiger partial charge is 0.306 e. The number of rotatable bonds is 44. The Balaban J connectivity index is 4.08. The van der Waals surface area contributed by atoms with Crippen molar-refractivity contribution in [3.63, 3.8) is 0 Å². The van der Waals surface area contributed by atoms with Crippen LogP contribution in [0.1, 0.15) is 272 Å². The van der Waals surface area contributed by atoms with Crippen molar-refractivity contribution in [2.75, 3.05) is 13.2 Å². The maximum Gasteiger partial charge on any atom is 0.306 e. The van der Waals surface area contributed by atoms with E-state index in [0.717, 1.165) is 76.0 Å². The first kappa shape index (κ1) is 54.4. The molecule has 0 aliphatic rings. The molecule has 0 aromatic rings. The molecule has 0 aliphatic carbocycles. The molecule has 0 N–H and O–H groups in total. The van der Waals surface area contributed by atoms with Gasteiger partial charge in [0.05, 0.1) is 0 Å². The summed E-state index contributed by atoms with van der Waals surface area (Å²) in [6.07, 6.45) is 42.7. The Bertz CT molecular complexity index is 854. The maximum atomic E-state index is 12.7. The van der Waals surface area contributed by atoms with Crippen molar-refractivity contribution >= 4 is 17.9 Å². The Hall–Kier alpha value is -1.59. The highest BCUT2D eigenvalue weighted by atomic mass is 16.6. The number of carbonyl (C=O) groups is 3. The fraction of sp³-hybridized carbons (Fsp3) is 0.940. The fourth-order valence-electron chi connectivity index (χ4n) is 7.46. The summed E-state index contributed by atoms with van der Waals surface area (Å²) in [6.45, 7) is 11.3. The van der Waals surface area contributed by atoms with Gasteiger partial charge >= 0.3 is 17.9 Å². The van der Waals surface area contributed by atoms with Crippen LogP contribution >= 0.6 is 0 Å². The van der Waals surface area contributed by atoms with Gasteiger partial charge in [-0.2, -0.15) is 0 Å². The van der Waals surface area contributed by atoms with E-state index >= 15 is 0 Å². The third kappa shape index (κ3) is 43.5. The van der Waals surface area contributed by atoms with Crippen molar-refractivity contribution in [3.8, 4) is 0 Å². The largest absolute Gasteiger partial charge is 0.462 e. The first-order valence-corrected chi connectivity index (χ1v) is 24.7. The Labute approximate surface area is 348 Å². The lowest BCUT2D eigenvalue weighted by Crippen LogP contribution is -2.30. The average Bonchev–Trinajstić information content (AvgIpc) is 3.16. The molecule has 0 radical (unpaired) electrons. The van der Waals surface area contributed by atoms with Gasteiger partial charge in [-0.1, -0.05) is 234 Å². The van der Waals surface area contributed by atoms with Gasteiger partial charge in [0.25, 0.3) is 0 Å². The number of esters is 3. The third-order valence-electron chi connectivity index (χ3n) is 11.2. The van der Waals surface area contributed by atoms with E-state index in [0.29, 0.717) is 19.3 Å². The monoisotopic (exact) mass is 793 g/mol. The highest BCUT2D eigenvalue weighted by Gasteiger charge is 2.19. The molecular formula is C50H96O6. The maximum absolute atomic E-state index is 12.7. The van der Waals surface area contributed by atoms with Crippen LogP contribution in [-0.4, -0.2) is 37.2 Å². The van der Waals surface area contributed by atoms with Crippen molar-refractivity contribution in [2.45, 2.75) is 278 Å². The highest BCUT2D eigenvalue weighted by molar-refractivity contribution is 5.71. The lowest BCUT2D eigenvalue weighted by molar-refractivity contribution is -0.167. The van der Waals surface area contributed by atoms with Crippen molar-refractivity contribution in [3.05, 3.63) is 0 Å². The second kappa shape index (κ2) is 43.0. The minimum absolute atomic E-state index is 0.0655. The van der Waals surface area contributed by atoms with Gasteiger partial charge in [-0.15, -0.1) is 0 Å². The van der Waals surface area contributed by atoms with Crippen LogP contribution in [0.15, 0.2) is 0 Å². The molecule has 0 fully saturated rings. The normalized spacial score (nSPS) is 12.1. The lowest BCUT2D eigenvalue weighted by atomic mass is 10.0. The molecule has 6 nitrogen and oxygen atoms in total. The van der Waals surface area contributed by atoms with Crippen LogP contribution < -0.4 is 0 Å². The lowest BCUT2D eigenvalue weighted by Gasteiger charge is -2.18. The molecule has 0 aromatic carbocycles. The minimum atomic E-state index is -0.759. The summed E-state index contributed by atoms with van der Waals surface area (Å²) in [4.78, 5) is 37.5. The average molecular weight is 793 g/mol. The second-order valence-corrected chi connectivity index (χ2v) is 18.1. The molecule has 0 saturated heterocycles. The molecule has 0 rings (SSSR count). The Morgan fingerprint density at radius 2 is 0.589 bits per heavy atom. The zero-order valence-electron chi connectivity index (χ0n) is 38.3. The summed E-state index contributed by atoms with van der Waals surface area (Å²) in [6, 6.07) is 0. The fourth-order valence-corrected chi connectivity index (χ4v) is 7.46. The predicted molar refractivity (Wildman–Crippen MR) is 238 cm³/mol. The number of hydrogen-bond donors (Lipinski definition) is 0. The Morgan fingerprint density at radius 3 is 0.875 bits per heavy atom. The van der Waals surface area contributed by atoms with Gasteiger partial charge in [-0.05, 0) is 31.1 Å². The molecular weight excluding hydrogens is 697 g/mol. The summed E-state index contributed by atoms with van der Waals surface area (Å²) in [7, 11) is 0. The SMILES string of the molecule is CCCCCCCC(=O)OC[C@H](COC(=O)CCCCCCCCCCCC(C)C)OC(=O)CCCCCCCCCCCCCCCCCCCCC(C)C. The number of carbonyl (C=O) groups excluding carboxylic acids is 3. The van der Waals surface area contributed by atoms with Crippen LogP contribution in [0.2, 0.25) is 0 Å². The summed E-state index contributed by atoms with van der Waals surface area (Å²) in [5.41, 5.74) is 0. The summed E-state index contributed by atoms with van der Waals surface area (Å²) < 4.78 is 16.6. The molecule has 1 atom stereocenters. The molecule has 0 unspecified atom stereocenters. The van der Waals surface area contributed by atoms with Crippen molar-refractivity contribution in [1.29, 1.82) is 0 Å². The topological polar surface area (TPSA) is 78.9 Å². The zero-order valence-corrected chi connectivity index (χ0v) is 38.3. The van der Waals surface area contributed by atoms with Crippen LogP contribution in [0.3, 0.4) is 0 Å². The van der Waals surface area contributed by atoms with Crippen LogP contribution in [-0.2, 0) is 28.6 Å². The highest BCUT2D eigenvalue weighted by Crippen LogP contribution is 2.17. The van der Waals surface area contributed by atoms with Crippen LogP contribution in [0, 0.1) is 11.8 Å². The van der Waals surface area contributed by atoms with Gasteiger partial charge in [0.15, 0.2) is 6.10 Å². The van der Waals surface area contributed by atoms with Crippen molar-refractivity contribution in [1.82, 2.24) is 0 Å². The van der Waals surface area contributed by atoms with E-state index in [-0.39, 0.29) is 31.1 Å². The molecule has 0 amide bonds. The Kier molecular flexibility index (Phi) is 41.8. The molecule has 0 bridgehead atoms. The minimum Gasteiger partial charge on any atom is -0.462 e. The predicted octanol–water partition coefficient (Wildman–Crippen LogP) is 15.8. The van der Waals surface area contributed by atoms with Crippen molar-refractivity contribution < 1.29 is 28.6 Å². The molecule has 0 aliphatic heterocycles. The van der Waals surface area contributed by atoms with Crippen molar-refractivity contribution in [2.24, 2.45) is 11.8 Å². The third-order valence-corrected chi connectivity index (χ3v) is 11.2. The standard InChI is InChI=1S/C50H96O6/c1-6-7-8-28-35-40-48(51)54-43-47(44-55-49(52)41-36-31-26-23-19-21-25-30-34-39-46(4)5)56-50(53)42-37-32-27-22-18-16-14-12-10-9-11-13-15-17-20-24-29-33-38-45(2)3/h45-47H,6-44H2,1-5H3/t47-/m1/s1. The summed E-state index contributed by atoms with van der Waals surface area (Å²) in [5, 5.41) is 0. The molecule has 56 heavy (non-hydrogen) atoms. The van der Waals surface area contributed by atoms with Crippen LogP contribution in [0.4, 0.5) is 0 Å². The van der Waals surface area contributed by atoms with Gasteiger partial charge in [0.2, 0.25) is 0 Å². The quantitative estimate of drug-likeness (QED) is 0.0347. The van der Waals surface area contributed by atoms with Gasteiger partial charge < -0.3 is 14.2 Å². The second-order valence-electron chi connectivity index (χ2n) is 18.1. The molecule has 332 valence electrons. The molecule has 0 spiro atoms. The Morgan fingerprint density at radius 1 is 0.339 bits per heavy atom. The molecule has 6 heteroatoms. The zero-order chi connectivity index (χ0) is 41.2. The number of unbranched alkanes of at least 4 members (excludes halogenated alkanes) is 29. The van der Waals surface area contributed by atoms with E-state index in [1.807, 2.05) is 0 Å². The molecule has 0 aromatic heterocycles. The molecule has 0 saturated carbocycles. The summed E-state index contributed by atoms with van der Waals surface area (Å²) >= 11 is 0. The van der Waals surface area contributed by atoms with E-state index in [1.165, 1.54) is 154 Å². The van der Waals surface area contributed by atoms with E-state index in [1.54, 1.807) is 0 Å². The van der Waals surface area contributed by atoms with Crippen LogP contribution in [0.25, 0.3) is 0 Å². The summed E-state index contributed by atoms with van der Waals surface area (Å²) in [5.74, 6) is 0.800.